The molecule has 6 nitrogen and oxygen atoms in total. The Bertz CT molecular complexity index is 893. The van der Waals surface area contributed by atoms with Crippen molar-refractivity contribution in [3.05, 3.63) is 53.9 Å². The molecule has 0 aliphatic carbocycles. The predicted octanol–water partition coefficient (Wildman–Crippen LogP) is 2.54. The molecule has 1 aliphatic heterocycles. The van der Waals surface area contributed by atoms with Gasteiger partial charge in [-0.25, -0.2) is 9.37 Å². The summed E-state index contributed by atoms with van der Waals surface area (Å²) in [5.74, 6) is 1.67. The molecule has 0 radical (unpaired) electrons. The Morgan fingerprint density at radius 3 is 2.88 bits per heavy atom. The lowest BCUT2D eigenvalue weighted by Crippen LogP contribution is -2.31. The summed E-state index contributed by atoms with van der Waals surface area (Å²) in [6.07, 6.45) is 5.62. The van der Waals surface area contributed by atoms with Gasteiger partial charge in [-0.2, -0.15) is 0 Å². The van der Waals surface area contributed by atoms with Gasteiger partial charge in [-0.1, -0.05) is 19.1 Å². The zero-order valence-electron chi connectivity index (χ0n) is 15.0. The first-order valence-corrected chi connectivity index (χ1v) is 9.15. The zero-order valence-corrected chi connectivity index (χ0v) is 15.0. The van der Waals surface area contributed by atoms with Gasteiger partial charge in [0.15, 0.2) is 5.82 Å². The summed E-state index contributed by atoms with van der Waals surface area (Å²) in [5, 5.41) is 8.62. The highest BCUT2D eigenvalue weighted by molar-refractivity contribution is 5.63. The lowest BCUT2D eigenvalue weighted by molar-refractivity contribution is 0.285. The summed E-state index contributed by atoms with van der Waals surface area (Å²) >= 11 is 0. The molecule has 26 heavy (non-hydrogen) atoms. The van der Waals surface area contributed by atoms with Crippen LogP contribution in [0.25, 0.3) is 5.65 Å². The van der Waals surface area contributed by atoms with Crippen molar-refractivity contribution >= 4 is 11.5 Å². The fourth-order valence-corrected chi connectivity index (χ4v) is 3.56. The summed E-state index contributed by atoms with van der Waals surface area (Å²) in [7, 11) is 0. The molecule has 7 heteroatoms. The van der Waals surface area contributed by atoms with E-state index in [0.717, 1.165) is 68.4 Å². The van der Waals surface area contributed by atoms with Crippen LogP contribution in [0.3, 0.4) is 0 Å². The lowest BCUT2D eigenvalue weighted by Gasteiger charge is -2.23. The van der Waals surface area contributed by atoms with Crippen LogP contribution in [0.4, 0.5) is 10.2 Å². The van der Waals surface area contributed by atoms with Crippen LogP contribution in [0.15, 0.2) is 36.7 Å². The average molecular weight is 354 g/mol. The number of halogens is 1. The minimum atomic E-state index is -0.173. The van der Waals surface area contributed by atoms with Crippen LogP contribution in [-0.4, -0.2) is 50.7 Å². The number of hydrogen-bond donors (Lipinski definition) is 0. The maximum absolute atomic E-state index is 13.4. The molecular weight excluding hydrogens is 331 g/mol. The molecule has 1 fully saturated rings. The molecule has 0 atom stereocenters. The van der Waals surface area contributed by atoms with E-state index in [9.17, 15) is 4.39 Å². The third kappa shape index (κ3) is 3.39. The highest BCUT2D eigenvalue weighted by Crippen LogP contribution is 2.20. The number of rotatable bonds is 4. The van der Waals surface area contributed by atoms with Crippen LogP contribution in [-0.2, 0) is 13.0 Å². The van der Waals surface area contributed by atoms with E-state index < -0.39 is 0 Å². The quantitative estimate of drug-likeness (QED) is 0.721. The summed E-state index contributed by atoms with van der Waals surface area (Å²) in [6, 6.07) is 6.86. The van der Waals surface area contributed by atoms with Crippen LogP contribution >= 0.6 is 0 Å². The third-order valence-corrected chi connectivity index (χ3v) is 4.88. The van der Waals surface area contributed by atoms with E-state index in [1.54, 1.807) is 12.1 Å². The van der Waals surface area contributed by atoms with Gasteiger partial charge in [-0.3, -0.25) is 9.30 Å². The Labute approximate surface area is 152 Å². The Balaban J connectivity index is 1.49. The van der Waals surface area contributed by atoms with Crippen LogP contribution in [0.1, 0.15) is 24.7 Å². The third-order valence-electron chi connectivity index (χ3n) is 4.88. The number of nitrogens with zero attached hydrogens (tertiary/aromatic N) is 6. The van der Waals surface area contributed by atoms with Crippen molar-refractivity contribution in [2.24, 2.45) is 0 Å². The monoisotopic (exact) mass is 354 g/mol. The Morgan fingerprint density at radius 2 is 2.04 bits per heavy atom. The molecule has 0 bridgehead atoms. The maximum atomic E-state index is 13.4. The van der Waals surface area contributed by atoms with Crippen molar-refractivity contribution in [2.45, 2.75) is 26.3 Å². The van der Waals surface area contributed by atoms with E-state index in [4.69, 9.17) is 0 Å². The smallest absolute Gasteiger partial charge is 0.203 e. The van der Waals surface area contributed by atoms with Crippen LogP contribution in [0, 0.1) is 5.82 Å². The van der Waals surface area contributed by atoms with Crippen molar-refractivity contribution in [3.8, 4) is 0 Å². The van der Waals surface area contributed by atoms with Crippen LogP contribution in [0.2, 0.25) is 0 Å². The van der Waals surface area contributed by atoms with Gasteiger partial charge in [-0.05, 0) is 24.1 Å². The molecule has 3 aromatic rings. The molecule has 0 unspecified atom stereocenters. The Hall–Kier alpha value is -2.54. The molecule has 0 saturated carbocycles. The van der Waals surface area contributed by atoms with Crippen LogP contribution in [0.5, 0.6) is 0 Å². The van der Waals surface area contributed by atoms with E-state index in [1.807, 2.05) is 22.9 Å². The largest absolute Gasteiger partial charge is 0.352 e. The van der Waals surface area contributed by atoms with Crippen molar-refractivity contribution < 1.29 is 4.39 Å². The summed E-state index contributed by atoms with van der Waals surface area (Å²) < 4.78 is 15.4. The molecule has 0 amide bonds. The topological polar surface area (TPSA) is 49.6 Å². The fraction of sp³-hybridized carbons (Fsp3) is 0.421. The van der Waals surface area contributed by atoms with Gasteiger partial charge in [0.2, 0.25) is 5.65 Å². The summed E-state index contributed by atoms with van der Waals surface area (Å²) in [4.78, 5) is 9.23. The van der Waals surface area contributed by atoms with E-state index in [0.29, 0.717) is 0 Å². The zero-order chi connectivity index (χ0) is 17.9. The minimum Gasteiger partial charge on any atom is -0.352 e. The van der Waals surface area contributed by atoms with Gasteiger partial charge in [0.1, 0.15) is 11.6 Å². The first-order valence-electron chi connectivity index (χ1n) is 9.15. The standard InChI is InChI=1S/C19H23FN6/c1-2-17-22-23-19-18(21-7-10-26(17)19)25-9-4-8-24(11-12-25)14-15-5-3-6-16(20)13-15/h3,5-7,10,13H,2,4,8-9,11-12,14H2,1H3. The second-order valence-corrected chi connectivity index (χ2v) is 6.66. The number of benzene rings is 1. The van der Waals surface area contributed by atoms with Gasteiger partial charge in [0.05, 0.1) is 0 Å². The molecule has 1 saturated heterocycles. The average Bonchev–Trinajstić information content (AvgIpc) is 2.94. The number of hydrogen-bond acceptors (Lipinski definition) is 5. The Kier molecular flexibility index (Phi) is 4.79. The molecule has 136 valence electrons. The minimum absolute atomic E-state index is 0.173. The molecule has 2 aromatic heterocycles. The molecule has 0 spiro atoms. The number of aromatic nitrogens is 4. The first kappa shape index (κ1) is 16.9. The fourth-order valence-electron chi connectivity index (χ4n) is 3.56. The molecule has 1 aliphatic rings. The van der Waals surface area contributed by atoms with Gasteiger partial charge in [0.25, 0.3) is 0 Å². The summed E-state index contributed by atoms with van der Waals surface area (Å²) in [6.45, 7) is 6.55. The highest BCUT2D eigenvalue weighted by Gasteiger charge is 2.20. The molecule has 4 rings (SSSR count). The van der Waals surface area contributed by atoms with Gasteiger partial charge >= 0.3 is 0 Å². The van der Waals surface area contributed by atoms with Gasteiger partial charge in [-0.15, -0.1) is 10.2 Å². The molecule has 1 aromatic carbocycles. The van der Waals surface area contributed by atoms with Crippen LogP contribution < -0.4 is 4.90 Å². The number of fused-ring (bicyclic) bond motifs is 1. The van der Waals surface area contributed by atoms with Gasteiger partial charge < -0.3 is 4.90 Å². The predicted molar refractivity (Wildman–Crippen MR) is 98.7 cm³/mol. The second kappa shape index (κ2) is 7.37. The van der Waals surface area contributed by atoms with E-state index in [2.05, 4.69) is 31.9 Å². The van der Waals surface area contributed by atoms with Crippen molar-refractivity contribution in [1.29, 1.82) is 0 Å². The number of anilines is 1. The normalized spacial score (nSPS) is 16.2. The highest BCUT2D eigenvalue weighted by atomic mass is 19.1. The maximum Gasteiger partial charge on any atom is 0.203 e. The SMILES string of the molecule is CCc1nnc2c(N3CCCN(Cc4cccc(F)c4)CC3)nccn12. The van der Waals surface area contributed by atoms with E-state index in [-0.39, 0.29) is 5.82 Å². The first-order chi connectivity index (χ1) is 12.7. The Morgan fingerprint density at radius 1 is 1.12 bits per heavy atom. The number of aryl methyl sites for hydroxylation is 1. The van der Waals surface area contributed by atoms with Crippen molar-refractivity contribution in [1.82, 2.24) is 24.5 Å². The molecule has 0 N–H and O–H groups in total. The van der Waals surface area contributed by atoms with E-state index >= 15 is 0 Å². The lowest BCUT2D eigenvalue weighted by atomic mass is 10.2. The summed E-state index contributed by atoms with van der Waals surface area (Å²) in [5.41, 5.74) is 1.84. The second-order valence-electron chi connectivity index (χ2n) is 6.66. The van der Waals surface area contributed by atoms with E-state index in [1.165, 1.54) is 6.07 Å². The molecule has 3 heterocycles. The molecular formula is C19H23FN6. The van der Waals surface area contributed by atoms with Gasteiger partial charge in [0, 0.05) is 51.5 Å². The van der Waals surface area contributed by atoms with Crippen molar-refractivity contribution in [2.75, 3.05) is 31.1 Å². The van der Waals surface area contributed by atoms with Crippen molar-refractivity contribution in [3.63, 3.8) is 0 Å².